The number of carbonyl (C=O) groups is 1. The predicted molar refractivity (Wildman–Crippen MR) is 77.9 cm³/mol. The highest BCUT2D eigenvalue weighted by atomic mass is 16.2. The minimum absolute atomic E-state index is 0.0309. The van der Waals surface area contributed by atoms with Crippen molar-refractivity contribution in [1.29, 1.82) is 0 Å². The summed E-state index contributed by atoms with van der Waals surface area (Å²) < 4.78 is 0. The second-order valence-electron chi connectivity index (χ2n) is 5.78. The molecule has 2 rings (SSSR count). The average Bonchev–Trinajstić information content (AvgIpc) is 2.39. The maximum Gasteiger partial charge on any atom is 0.237 e. The largest absolute Gasteiger partial charge is 0.348 e. The predicted octanol–water partition coefficient (Wildman–Crippen LogP) is 2.56. The summed E-state index contributed by atoms with van der Waals surface area (Å²) in [7, 11) is 0. The highest BCUT2D eigenvalue weighted by Gasteiger charge is 2.25. The standard InChI is InChI=1S/C16H24N2O/c1-11-4-6-14(7-5-11)13(3)18-16(19)15-10-12(2)8-9-17-15/h4-7,12-13,15,17H,8-10H2,1-3H3,(H,18,19). The van der Waals surface area contributed by atoms with E-state index in [9.17, 15) is 4.79 Å². The molecule has 0 saturated carbocycles. The zero-order valence-corrected chi connectivity index (χ0v) is 12.1. The fraction of sp³-hybridized carbons (Fsp3) is 0.562. The Labute approximate surface area is 115 Å². The van der Waals surface area contributed by atoms with Crippen LogP contribution in [0.3, 0.4) is 0 Å². The zero-order chi connectivity index (χ0) is 13.8. The average molecular weight is 260 g/mol. The molecule has 1 aliphatic rings. The number of hydrogen-bond donors (Lipinski definition) is 2. The summed E-state index contributed by atoms with van der Waals surface area (Å²) in [6.45, 7) is 7.26. The molecule has 1 aromatic rings. The summed E-state index contributed by atoms with van der Waals surface area (Å²) in [4.78, 5) is 12.2. The smallest absolute Gasteiger partial charge is 0.237 e. The summed E-state index contributed by atoms with van der Waals surface area (Å²) in [6.07, 6.45) is 2.10. The Hall–Kier alpha value is -1.35. The van der Waals surface area contributed by atoms with Crippen LogP contribution in [0, 0.1) is 12.8 Å². The van der Waals surface area contributed by atoms with E-state index >= 15 is 0 Å². The molecule has 19 heavy (non-hydrogen) atoms. The molecule has 3 heteroatoms. The molecule has 1 fully saturated rings. The van der Waals surface area contributed by atoms with Crippen molar-refractivity contribution in [3.8, 4) is 0 Å². The molecular weight excluding hydrogens is 236 g/mol. The molecule has 1 amide bonds. The second kappa shape index (κ2) is 6.20. The van der Waals surface area contributed by atoms with Gasteiger partial charge in [0.1, 0.15) is 0 Å². The van der Waals surface area contributed by atoms with E-state index in [1.54, 1.807) is 0 Å². The molecule has 3 unspecified atom stereocenters. The molecule has 0 spiro atoms. The van der Waals surface area contributed by atoms with Gasteiger partial charge in [-0.2, -0.15) is 0 Å². The lowest BCUT2D eigenvalue weighted by Crippen LogP contribution is -2.48. The molecule has 2 N–H and O–H groups in total. The number of rotatable bonds is 3. The molecule has 1 aromatic carbocycles. The van der Waals surface area contributed by atoms with Crippen molar-refractivity contribution in [2.45, 2.75) is 45.7 Å². The Balaban J connectivity index is 1.92. The van der Waals surface area contributed by atoms with Gasteiger partial charge < -0.3 is 10.6 Å². The number of carbonyl (C=O) groups excluding carboxylic acids is 1. The number of amides is 1. The Morgan fingerprint density at radius 2 is 2.05 bits per heavy atom. The first-order valence-corrected chi connectivity index (χ1v) is 7.16. The summed E-state index contributed by atoms with van der Waals surface area (Å²) in [5.74, 6) is 0.756. The number of aryl methyl sites for hydroxylation is 1. The van der Waals surface area contributed by atoms with Gasteiger partial charge in [-0.05, 0) is 44.7 Å². The summed E-state index contributed by atoms with van der Waals surface area (Å²) in [5.41, 5.74) is 2.40. The van der Waals surface area contributed by atoms with Crippen LogP contribution in [-0.2, 0) is 4.79 Å². The maximum absolute atomic E-state index is 12.2. The van der Waals surface area contributed by atoms with Gasteiger partial charge in [0, 0.05) is 0 Å². The van der Waals surface area contributed by atoms with E-state index < -0.39 is 0 Å². The van der Waals surface area contributed by atoms with Gasteiger partial charge in [0.15, 0.2) is 0 Å². The van der Waals surface area contributed by atoms with Crippen LogP contribution in [0.2, 0.25) is 0 Å². The number of nitrogens with one attached hydrogen (secondary N) is 2. The van der Waals surface area contributed by atoms with Crippen molar-refractivity contribution in [2.24, 2.45) is 5.92 Å². The van der Waals surface area contributed by atoms with Gasteiger partial charge in [-0.1, -0.05) is 36.8 Å². The molecule has 1 saturated heterocycles. The third kappa shape index (κ3) is 3.80. The van der Waals surface area contributed by atoms with Crippen LogP contribution in [0.25, 0.3) is 0 Å². The van der Waals surface area contributed by atoms with Crippen molar-refractivity contribution >= 4 is 5.91 Å². The lowest BCUT2D eigenvalue weighted by molar-refractivity contribution is -0.124. The van der Waals surface area contributed by atoms with E-state index in [1.807, 2.05) is 6.92 Å². The second-order valence-corrected chi connectivity index (χ2v) is 5.78. The quantitative estimate of drug-likeness (QED) is 0.877. The van der Waals surface area contributed by atoms with E-state index in [4.69, 9.17) is 0 Å². The minimum Gasteiger partial charge on any atom is -0.348 e. The molecule has 0 aliphatic carbocycles. The Morgan fingerprint density at radius 1 is 1.37 bits per heavy atom. The van der Waals surface area contributed by atoms with Crippen LogP contribution in [0.1, 0.15) is 43.9 Å². The van der Waals surface area contributed by atoms with Gasteiger partial charge in [-0.15, -0.1) is 0 Å². The summed E-state index contributed by atoms with van der Waals surface area (Å²) >= 11 is 0. The van der Waals surface area contributed by atoms with Crippen LogP contribution < -0.4 is 10.6 Å². The van der Waals surface area contributed by atoms with Gasteiger partial charge in [-0.3, -0.25) is 4.79 Å². The zero-order valence-electron chi connectivity index (χ0n) is 12.1. The van der Waals surface area contributed by atoms with Crippen LogP contribution in [0.5, 0.6) is 0 Å². The van der Waals surface area contributed by atoms with Crippen LogP contribution in [0.4, 0.5) is 0 Å². The number of benzene rings is 1. The first kappa shape index (κ1) is 14.1. The highest BCUT2D eigenvalue weighted by molar-refractivity contribution is 5.82. The van der Waals surface area contributed by atoms with Gasteiger partial charge in [0.2, 0.25) is 5.91 Å². The van der Waals surface area contributed by atoms with Gasteiger partial charge in [0.25, 0.3) is 0 Å². The molecule has 1 heterocycles. The third-order valence-corrected chi connectivity index (χ3v) is 3.92. The maximum atomic E-state index is 12.2. The number of hydrogen-bond acceptors (Lipinski definition) is 2. The van der Waals surface area contributed by atoms with Crippen LogP contribution >= 0.6 is 0 Å². The molecule has 0 aromatic heterocycles. The van der Waals surface area contributed by atoms with Gasteiger partial charge >= 0.3 is 0 Å². The molecule has 3 nitrogen and oxygen atoms in total. The summed E-state index contributed by atoms with van der Waals surface area (Å²) in [5, 5.41) is 6.41. The highest BCUT2D eigenvalue weighted by Crippen LogP contribution is 2.17. The fourth-order valence-electron chi connectivity index (χ4n) is 2.56. The lowest BCUT2D eigenvalue weighted by Gasteiger charge is -2.28. The van der Waals surface area contributed by atoms with E-state index in [2.05, 4.69) is 48.7 Å². The van der Waals surface area contributed by atoms with E-state index in [-0.39, 0.29) is 18.0 Å². The Kier molecular flexibility index (Phi) is 4.59. The first-order chi connectivity index (χ1) is 9.06. The van der Waals surface area contributed by atoms with Crippen LogP contribution in [-0.4, -0.2) is 18.5 Å². The van der Waals surface area contributed by atoms with Crippen molar-refractivity contribution in [3.05, 3.63) is 35.4 Å². The first-order valence-electron chi connectivity index (χ1n) is 7.16. The Morgan fingerprint density at radius 3 is 2.68 bits per heavy atom. The molecule has 3 atom stereocenters. The van der Waals surface area contributed by atoms with Crippen molar-refractivity contribution < 1.29 is 4.79 Å². The molecule has 1 aliphatic heterocycles. The van der Waals surface area contributed by atoms with Gasteiger partial charge in [0.05, 0.1) is 12.1 Å². The molecule has 0 radical (unpaired) electrons. The Bertz CT molecular complexity index is 427. The van der Waals surface area contributed by atoms with Crippen LogP contribution in [0.15, 0.2) is 24.3 Å². The minimum atomic E-state index is -0.0309. The third-order valence-electron chi connectivity index (χ3n) is 3.92. The molecule has 0 bridgehead atoms. The SMILES string of the molecule is Cc1ccc(C(C)NC(=O)C2CC(C)CCN2)cc1. The van der Waals surface area contributed by atoms with E-state index in [0.29, 0.717) is 5.92 Å². The van der Waals surface area contributed by atoms with Crippen molar-refractivity contribution in [3.63, 3.8) is 0 Å². The summed E-state index contributed by atoms with van der Waals surface area (Å²) in [6, 6.07) is 8.36. The normalized spacial score (nSPS) is 24.8. The van der Waals surface area contributed by atoms with Crippen molar-refractivity contribution in [2.75, 3.05) is 6.54 Å². The topological polar surface area (TPSA) is 41.1 Å². The fourth-order valence-corrected chi connectivity index (χ4v) is 2.56. The van der Waals surface area contributed by atoms with Gasteiger partial charge in [-0.25, -0.2) is 0 Å². The van der Waals surface area contributed by atoms with Crippen molar-refractivity contribution in [1.82, 2.24) is 10.6 Å². The monoisotopic (exact) mass is 260 g/mol. The van der Waals surface area contributed by atoms with E-state index in [0.717, 1.165) is 24.9 Å². The molecule has 104 valence electrons. The molecular formula is C16H24N2O. The number of piperidine rings is 1. The lowest BCUT2D eigenvalue weighted by atomic mass is 9.93. The van der Waals surface area contributed by atoms with E-state index in [1.165, 1.54) is 5.56 Å².